The predicted octanol–water partition coefficient (Wildman–Crippen LogP) is 3.08. The zero-order chi connectivity index (χ0) is 15.3. The summed E-state index contributed by atoms with van der Waals surface area (Å²) >= 11 is 0. The van der Waals surface area contributed by atoms with Crippen LogP contribution in [0.25, 0.3) is 0 Å². The van der Waals surface area contributed by atoms with Crippen molar-refractivity contribution in [2.24, 2.45) is 11.8 Å². The summed E-state index contributed by atoms with van der Waals surface area (Å²) in [6, 6.07) is 6.77. The van der Waals surface area contributed by atoms with Gasteiger partial charge in [-0.05, 0) is 49.9 Å². The van der Waals surface area contributed by atoms with Gasteiger partial charge in [0.2, 0.25) is 10.0 Å². The number of hydrogen-bond donors (Lipinski definition) is 2. The van der Waals surface area contributed by atoms with E-state index in [0.29, 0.717) is 16.7 Å². The maximum absolute atomic E-state index is 12.0. The normalized spacial score (nSPS) is 13.8. The van der Waals surface area contributed by atoms with Gasteiger partial charge >= 0.3 is 0 Å². The number of hydrogen-bond acceptors (Lipinski definition) is 3. The van der Waals surface area contributed by atoms with Gasteiger partial charge in [0.1, 0.15) is 0 Å². The average Bonchev–Trinajstić information content (AvgIpc) is 2.34. The van der Waals surface area contributed by atoms with Crippen LogP contribution in [0.2, 0.25) is 0 Å². The molecule has 0 amide bonds. The molecule has 0 heterocycles. The lowest BCUT2D eigenvalue weighted by Gasteiger charge is -2.17. The lowest BCUT2D eigenvalue weighted by molar-refractivity contribution is 0.440. The van der Waals surface area contributed by atoms with Crippen LogP contribution in [0.3, 0.4) is 0 Å². The lowest BCUT2D eigenvalue weighted by atomic mass is 9.98. The zero-order valence-electron chi connectivity index (χ0n) is 13.0. The van der Waals surface area contributed by atoms with Crippen molar-refractivity contribution in [3.63, 3.8) is 0 Å². The van der Waals surface area contributed by atoms with Gasteiger partial charge in [0.15, 0.2) is 0 Å². The van der Waals surface area contributed by atoms with Crippen LogP contribution in [-0.4, -0.2) is 21.0 Å². The first-order valence-corrected chi connectivity index (χ1v) is 8.57. The number of benzene rings is 1. The van der Waals surface area contributed by atoms with Crippen LogP contribution >= 0.6 is 0 Å². The molecule has 0 saturated heterocycles. The Hall–Kier alpha value is -1.07. The van der Waals surface area contributed by atoms with Crippen molar-refractivity contribution < 1.29 is 8.42 Å². The van der Waals surface area contributed by atoms with Gasteiger partial charge in [-0.3, -0.25) is 0 Å². The molecule has 20 heavy (non-hydrogen) atoms. The summed E-state index contributed by atoms with van der Waals surface area (Å²) in [6.07, 6.45) is 0. The standard InChI is InChI=1S/C15H26N2O2S/c1-11(2)13(5)10-16-14-6-8-15(9-7-14)20(18,19)17-12(3)4/h6-9,11-13,16-17H,10H2,1-5H3. The van der Waals surface area contributed by atoms with Crippen LogP contribution in [0.15, 0.2) is 29.2 Å². The third-order valence-corrected chi connectivity index (χ3v) is 5.00. The van der Waals surface area contributed by atoms with E-state index in [4.69, 9.17) is 0 Å². The first kappa shape index (κ1) is 17.0. The summed E-state index contributed by atoms with van der Waals surface area (Å²) < 4.78 is 26.5. The van der Waals surface area contributed by atoms with Gasteiger partial charge in [-0.2, -0.15) is 0 Å². The van der Waals surface area contributed by atoms with E-state index in [1.165, 1.54) is 0 Å². The van der Waals surface area contributed by atoms with Gasteiger partial charge in [0.05, 0.1) is 4.90 Å². The highest BCUT2D eigenvalue weighted by atomic mass is 32.2. The van der Waals surface area contributed by atoms with Crippen LogP contribution in [0.1, 0.15) is 34.6 Å². The molecule has 2 N–H and O–H groups in total. The van der Waals surface area contributed by atoms with Crippen molar-refractivity contribution in [3.05, 3.63) is 24.3 Å². The smallest absolute Gasteiger partial charge is 0.240 e. The number of nitrogens with one attached hydrogen (secondary N) is 2. The van der Waals surface area contributed by atoms with Crippen LogP contribution in [-0.2, 0) is 10.0 Å². The maximum Gasteiger partial charge on any atom is 0.240 e. The minimum atomic E-state index is -3.40. The van der Waals surface area contributed by atoms with Crippen molar-refractivity contribution in [3.8, 4) is 0 Å². The molecule has 1 atom stereocenters. The third-order valence-electron chi connectivity index (χ3n) is 3.32. The number of sulfonamides is 1. The second-order valence-corrected chi connectivity index (χ2v) is 7.62. The minimum Gasteiger partial charge on any atom is -0.385 e. The molecule has 5 heteroatoms. The highest BCUT2D eigenvalue weighted by Crippen LogP contribution is 2.16. The third kappa shape index (κ3) is 5.13. The van der Waals surface area contributed by atoms with Crippen LogP contribution in [0.5, 0.6) is 0 Å². The van der Waals surface area contributed by atoms with Gasteiger partial charge in [0.25, 0.3) is 0 Å². The van der Waals surface area contributed by atoms with Crippen LogP contribution in [0, 0.1) is 11.8 Å². The molecule has 1 aromatic rings. The van der Waals surface area contributed by atoms with E-state index in [1.807, 2.05) is 12.1 Å². The van der Waals surface area contributed by atoms with E-state index in [9.17, 15) is 8.42 Å². The summed E-state index contributed by atoms with van der Waals surface area (Å²) in [6.45, 7) is 11.1. The minimum absolute atomic E-state index is 0.107. The molecule has 1 unspecified atom stereocenters. The fourth-order valence-electron chi connectivity index (χ4n) is 1.64. The molecule has 1 aromatic carbocycles. The van der Waals surface area contributed by atoms with E-state index in [2.05, 4.69) is 30.8 Å². The SMILES string of the molecule is CC(C)NS(=O)(=O)c1ccc(NCC(C)C(C)C)cc1. The van der Waals surface area contributed by atoms with Gasteiger partial charge in [-0.25, -0.2) is 13.1 Å². The highest BCUT2D eigenvalue weighted by Gasteiger charge is 2.15. The molecule has 0 aromatic heterocycles. The molecule has 0 radical (unpaired) electrons. The van der Waals surface area contributed by atoms with E-state index < -0.39 is 10.0 Å². The zero-order valence-corrected chi connectivity index (χ0v) is 13.8. The number of anilines is 1. The van der Waals surface area contributed by atoms with E-state index in [0.717, 1.165) is 12.2 Å². The number of rotatable bonds is 7. The Bertz CT molecular complexity index is 507. The predicted molar refractivity (Wildman–Crippen MR) is 84.4 cm³/mol. The molecule has 0 aliphatic rings. The fourth-order valence-corrected chi connectivity index (χ4v) is 2.90. The van der Waals surface area contributed by atoms with Crippen molar-refractivity contribution in [1.82, 2.24) is 4.72 Å². The molecule has 0 bridgehead atoms. The van der Waals surface area contributed by atoms with Crippen LogP contribution < -0.4 is 10.0 Å². The summed E-state index contributed by atoms with van der Waals surface area (Å²) in [5.41, 5.74) is 0.945. The summed E-state index contributed by atoms with van der Waals surface area (Å²) in [5.74, 6) is 1.19. The Labute approximate surface area is 123 Å². The fraction of sp³-hybridized carbons (Fsp3) is 0.600. The summed E-state index contributed by atoms with van der Waals surface area (Å²) in [7, 11) is -3.40. The Morgan fingerprint density at radius 1 is 1.00 bits per heavy atom. The Morgan fingerprint density at radius 2 is 1.55 bits per heavy atom. The largest absolute Gasteiger partial charge is 0.385 e. The molecule has 1 rings (SSSR count). The van der Waals surface area contributed by atoms with Gasteiger partial charge in [0, 0.05) is 18.3 Å². The Kier molecular flexibility index (Phi) is 6.02. The molecular formula is C15H26N2O2S. The molecule has 4 nitrogen and oxygen atoms in total. The molecule has 0 spiro atoms. The van der Waals surface area contributed by atoms with Gasteiger partial charge < -0.3 is 5.32 Å². The summed E-state index contributed by atoms with van der Waals surface area (Å²) in [4.78, 5) is 0.300. The first-order valence-electron chi connectivity index (χ1n) is 7.08. The van der Waals surface area contributed by atoms with Gasteiger partial charge in [-0.15, -0.1) is 0 Å². The van der Waals surface area contributed by atoms with Crippen LogP contribution in [0.4, 0.5) is 5.69 Å². The molecule has 0 fully saturated rings. The highest BCUT2D eigenvalue weighted by molar-refractivity contribution is 7.89. The molecule has 114 valence electrons. The van der Waals surface area contributed by atoms with Gasteiger partial charge in [-0.1, -0.05) is 20.8 Å². The van der Waals surface area contributed by atoms with Crippen molar-refractivity contribution in [2.75, 3.05) is 11.9 Å². The first-order chi connectivity index (χ1) is 9.22. The second kappa shape index (κ2) is 7.09. The lowest BCUT2D eigenvalue weighted by Crippen LogP contribution is -2.30. The maximum atomic E-state index is 12.0. The topological polar surface area (TPSA) is 58.2 Å². The summed E-state index contributed by atoms with van der Waals surface area (Å²) in [5, 5.41) is 3.33. The van der Waals surface area contributed by atoms with E-state index in [-0.39, 0.29) is 6.04 Å². The van der Waals surface area contributed by atoms with E-state index >= 15 is 0 Å². The molecule has 0 aliphatic carbocycles. The molecule has 0 saturated carbocycles. The average molecular weight is 298 g/mol. The van der Waals surface area contributed by atoms with Crippen molar-refractivity contribution in [2.45, 2.75) is 45.6 Å². The van der Waals surface area contributed by atoms with E-state index in [1.54, 1.807) is 26.0 Å². The quantitative estimate of drug-likeness (QED) is 0.813. The second-order valence-electron chi connectivity index (χ2n) is 5.90. The van der Waals surface area contributed by atoms with Crippen molar-refractivity contribution >= 4 is 15.7 Å². The monoisotopic (exact) mass is 298 g/mol. The Morgan fingerprint density at radius 3 is 2.00 bits per heavy atom. The van der Waals surface area contributed by atoms with Crippen molar-refractivity contribution in [1.29, 1.82) is 0 Å². The molecule has 0 aliphatic heterocycles. The molecular weight excluding hydrogens is 272 g/mol. The Balaban J connectivity index is 2.70.